The second-order valence-corrected chi connectivity index (χ2v) is 8.31. The van der Waals surface area contributed by atoms with Crippen molar-refractivity contribution in [3.05, 3.63) is 59.9 Å². The largest absolute Gasteiger partial charge is 0.487 e. The fraction of sp³-hybridized carbons (Fsp3) is 0.478. The molecule has 1 aromatic carbocycles. The fourth-order valence-electron chi connectivity index (χ4n) is 4.47. The first-order valence-corrected chi connectivity index (χ1v) is 10.1. The molecule has 2 aliphatic rings. The molecule has 1 atom stereocenters. The first-order chi connectivity index (χ1) is 13.5. The summed E-state index contributed by atoms with van der Waals surface area (Å²) in [6.45, 7) is 2.87. The number of pyridine rings is 1. The standard InChI is InChI=1S/C23H29N3O2/c1-25(2)22(27)15-18-16-23(28-21-9-4-3-8-20(18)21)10-13-26(14-11-23)17-19-7-5-6-12-24-19/h3-9,12,18H,10-11,13-17H2,1-2H3. The lowest BCUT2D eigenvalue weighted by Gasteiger charge is -2.47. The molecule has 1 amide bonds. The molecule has 0 bridgehead atoms. The minimum absolute atomic E-state index is 0.160. The Kier molecular flexibility index (Phi) is 5.36. The zero-order chi connectivity index (χ0) is 19.6. The Morgan fingerprint density at radius 3 is 2.64 bits per heavy atom. The number of fused-ring (bicyclic) bond motifs is 1. The monoisotopic (exact) mass is 379 g/mol. The van der Waals surface area contributed by atoms with Gasteiger partial charge in [0.1, 0.15) is 11.4 Å². The summed E-state index contributed by atoms with van der Waals surface area (Å²) in [6, 6.07) is 14.3. The molecule has 5 heteroatoms. The third-order valence-electron chi connectivity index (χ3n) is 6.10. The van der Waals surface area contributed by atoms with Crippen molar-refractivity contribution in [2.75, 3.05) is 27.2 Å². The highest BCUT2D eigenvalue weighted by Crippen LogP contribution is 2.46. The van der Waals surface area contributed by atoms with Crippen LogP contribution in [0.25, 0.3) is 0 Å². The summed E-state index contributed by atoms with van der Waals surface area (Å²) in [7, 11) is 3.67. The number of carbonyl (C=O) groups is 1. The highest BCUT2D eigenvalue weighted by atomic mass is 16.5. The molecule has 2 aliphatic heterocycles. The fourth-order valence-corrected chi connectivity index (χ4v) is 4.47. The number of likely N-dealkylation sites (tertiary alicyclic amines) is 1. The van der Waals surface area contributed by atoms with E-state index in [9.17, 15) is 4.79 Å². The van der Waals surface area contributed by atoms with Crippen LogP contribution in [0.3, 0.4) is 0 Å². The lowest BCUT2D eigenvalue weighted by molar-refractivity contribution is -0.129. The summed E-state index contributed by atoms with van der Waals surface area (Å²) in [5.74, 6) is 1.37. The average Bonchev–Trinajstić information content (AvgIpc) is 2.70. The van der Waals surface area contributed by atoms with Crippen LogP contribution in [0.4, 0.5) is 0 Å². The Balaban J connectivity index is 1.47. The van der Waals surface area contributed by atoms with Crippen molar-refractivity contribution in [1.82, 2.24) is 14.8 Å². The predicted molar refractivity (Wildman–Crippen MR) is 109 cm³/mol. The lowest BCUT2D eigenvalue weighted by atomic mass is 9.76. The van der Waals surface area contributed by atoms with Crippen LogP contribution in [0.5, 0.6) is 5.75 Å². The van der Waals surface area contributed by atoms with Crippen molar-refractivity contribution in [2.45, 2.75) is 43.7 Å². The van der Waals surface area contributed by atoms with Gasteiger partial charge in [0.05, 0.1) is 5.69 Å². The quantitative estimate of drug-likeness (QED) is 0.816. The number of para-hydroxylation sites is 1. The topological polar surface area (TPSA) is 45.7 Å². The molecule has 1 spiro atoms. The number of carbonyl (C=O) groups excluding carboxylic acids is 1. The molecule has 0 radical (unpaired) electrons. The Labute approximate surface area is 167 Å². The Bertz CT molecular complexity index is 814. The number of piperidine rings is 1. The summed E-state index contributed by atoms with van der Waals surface area (Å²) < 4.78 is 6.56. The van der Waals surface area contributed by atoms with E-state index < -0.39 is 0 Å². The van der Waals surface area contributed by atoms with Crippen LogP contribution in [0, 0.1) is 0 Å². The van der Waals surface area contributed by atoms with Crippen LogP contribution >= 0.6 is 0 Å². The average molecular weight is 380 g/mol. The van der Waals surface area contributed by atoms with Crippen LogP contribution in [0.1, 0.15) is 42.9 Å². The van der Waals surface area contributed by atoms with Gasteiger partial charge in [0.15, 0.2) is 0 Å². The van der Waals surface area contributed by atoms with E-state index in [1.54, 1.807) is 4.90 Å². The van der Waals surface area contributed by atoms with Gasteiger partial charge in [-0.15, -0.1) is 0 Å². The van der Waals surface area contributed by atoms with Crippen molar-refractivity contribution in [3.63, 3.8) is 0 Å². The summed E-state index contributed by atoms with van der Waals surface area (Å²) in [4.78, 5) is 21.0. The van der Waals surface area contributed by atoms with Gasteiger partial charge >= 0.3 is 0 Å². The predicted octanol–water partition coefficient (Wildman–Crippen LogP) is 3.46. The van der Waals surface area contributed by atoms with Crippen LogP contribution in [0.2, 0.25) is 0 Å². The van der Waals surface area contributed by atoms with Crippen LogP contribution in [0.15, 0.2) is 48.7 Å². The van der Waals surface area contributed by atoms with Gasteiger partial charge in [0.25, 0.3) is 0 Å². The first kappa shape index (κ1) is 18.9. The third-order valence-corrected chi connectivity index (χ3v) is 6.10. The maximum atomic E-state index is 12.4. The van der Waals surface area contributed by atoms with E-state index in [-0.39, 0.29) is 17.4 Å². The van der Waals surface area contributed by atoms with Gasteiger partial charge in [-0.3, -0.25) is 14.7 Å². The van der Waals surface area contributed by atoms with Crippen molar-refractivity contribution in [1.29, 1.82) is 0 Å². The molecule has 1 aromatic heterocycles. The van der Waals surface area contributed by atoms with E-state index in [0.29, 0.717) is 6.42 Å². The summed E-state index contributed by atoms with van der Waals surface area (Å²) in [5.41, 5.74) is 2.13. The van der Waals surface area contributed by atoms with E-state index in [1.165, 1.54) is 5.56 Å². The summed E-state index contributed by atoms with van der Waals surface area (Å²) in [5, 5.41) is 0. The lowest BCUT2D eigenvalue weighted by Crippen LogP contribution is -2.50. The molecule has 4 rings (SSSR count). The molecule has 148 valence electrons. The molecule has 0 N–H and O–H groups in total. The van der Waals surface area contributed by atoms with Gasteiger partial charge in [0.2, 0.25) is 5.91 Å². The zero-order valence-electron chi connectivity index (χ0n) is 16.8. The zero-order valence-corrected chi connectivity index (χ0v) is 16.8. The second-order valence-electron chi connectivity index (χ2n) is 8.31. The number of aromatic nitrogens is 1. The minimum Gasteiger partial charge on any atom is -0.487 e. The Hall–Kier alpha value is -2.40. The SMILES string of the molecule is CN(C)C(=O)CC1CC2(CCN(Cc3ccccn3)CC2)Oc2ccccc21. The summed E-state index contributed by atoms with van der Waals surface area (Å²) in [6.07, 6.45) is 5.30. The third kappa shape index (κ3) is 4.04. The van der Waals surface area contributed by atoms with Gasteiger partial charge < -0.3 is 9.64 Å². The Morgan fingerprint density at radius 2 is 1.93 bits per heavy atom. The van der Waals surface area contributed by atoms with Gasteiger partial charge in [-0.25, -0.2) is 0 Å². The molecule has 28 heavy (non-hydrogen) atoms. The van der Waals surface area contributed by atoms with Gasteiger partial charge in [0, 0.05) is 52.3 Å². The maximum Gasteiger partial charge on any atom is 0.222 e. The Morgan fingerprint density at radius 1 is 1.18 bits per heavy atom. The number of benzene rings is 1. The van der Waals surface area contributed by atoms with Crippen molar-refractivity contribution < 1.29 is 9.53 Å². The second kappa shape index (κ2) is 7.92. The van der Waals surface area contributed by atoms with Crippen LogP contribution in [-0.2, 0) is 11.3 Å². The van der Waals surface area contributed by atoms with Gasteiger partial charge in [-0.05, 0) is 43.0 Å². The smallest absolute Gasteiger partial charge is 0.222 e. The first-order valence-electron chi connectivity index (χ1n) is 10.1. The summed E-state index contributed by atoms with van der Waals surface area (Å²) >= 11 is 0. The maximum absolute atomic E-state index is 12.4. The van der Waals surface area contributed by atoms with E-state index in [0.717, 1.165) is 50.3 Å². The normalized spacial score (nSPS) is 21.0. The van der Waals surface area contributed by atoms with Crippen molar-refractivity contribution in [2.24, 2.45) is 0 Å². The van der Waals surface area contributed by atoms with Crippen LogP contribution < -0.4 is 4.74 Å². The number of ether oxygens (including phenoxy) is 1. The molecule has 1 saturated heterocycles. The van der Waals surface area contributed by atoms with E-state index >= 15 is 0 Å². The van der Waals surface area contributed by atoms with E-state index in [2.05, 4.69) is 28.1 Å². The molecular formula is C23H29N3O2. The van der Waals surface area contributed by atoms with E-state index in [1.807, 2.05) is 44.6 Å². The molecule has 0 aliphatic carbocycles. The van der Waals surface area contributed by atoms with Crippen molar-refractivity contribution >= 4 is 5.91 Å². The van der Waals surface area contributed by atoms with Crippen LogP contribution in [-0.4, -0.2) is 53.5 Å². The van der Waals surface area contributed by atoms with Gasteiger partial charge in [-0.2, -0.15) is 0 Å². The molecule has 1 unspecified atom stereocenters. The number of amides is 1. The van der Waals surface area contributed by atoms with Crippen molar-refractivity contribution in [3.8, 4) is 5.75 Å². The highest BCUT2D eigenvalue weighted by molar-refractivity contribution is 5.76. The van der Waals surface area contributed by atoms with Gasteiger partial charge in [-0.1, -0.05) is 24.3 Å². The molecule has 2 aromatic rings. The number of hydrogen-bond donors (Lipinski definition) is 0. The number of rotatable bonds is 4. The van der Waals surface area contributed by atoms with E-state index in [4.69, 9.17) is 4.74 Å². The number of nitrogens with zero attached hydrogens (tertiary/aromatic N) is 3. The number of hydrogen-bond acceptors (Lipinski definition) is 4. The molecule has 1 fully saturated rings. The highest BCUT2D eigenvalue weighted by Gasteiger charge is 2.43. The molecule has 5 nitrogen and oxygen atoms in total. The molecule has 0 saturated carbocycles. The molecular weight excluding hydrogens is 350 g/mol. The molecule has 3 heterocycles. The minimum atomic E-state index is -0.160.